The summed E-state index contributed by atoms with van der Waals surface area (Å²) >= 11 is 5.05. The zero-order valence-electron chi connectivity index (χ0n) is 11.4. The molecule has 1 aromatic rings. The van der Waals surface area contributed by atoms with E-state index in [1.807, 2.05) is 12.1 Å². The highest BCUT2D eigenvalue weighted by molar-refractivity contribution is 7.80. The molecule has 0 aromatic carbocycles. The lowest BCUT2D eigenvalue weighted by Crippen LogP contribution is -2.52. The highest BCUT2D eigenvalue weighted by atomic mass is 32.1. The summed E-state index contributed by atoms with van der Waals surface area (Å²) in [6, 6.07) is 4.14. The van der Waals surface area contributed by atoms with E-state index in [1.165, 1.54) is 0 Å². The van der Waals surface area contributed by atoms with E-state index >= 15 is 0 Å². The molecule has 1 aliphatic rings. The van der Waals surface area contributed by atoms with Gasteiger partial charge in [-0.15, -0.1) is 0 Å². The molecule has 0 saturated carbocycles. The minimum atomic E-state index is 0.170. The molecule has 0 bridgehead atoms. The molecule has 0 aliphatic carbocycles. The molecule has 2 heterocycles. The van der Waals surface area contributed by atoms with Crippen LogP contribution in [0.5, 0.6) is 5.88 Å². The number of hydrogen-bond donors (Lipinski definition) is 1. The smallest absolute Gasteiger partial charge is 0.214 e. The Balaban J connectivity index is 1.97. The van der Waals surface area contributed by atoms with Crippen LogP contribution in [-0.2, 0) is 0 Å². The van der Waals surface area contributed by atoms with E-state index < -0.39 is 0 Å². The normalized spacial score (nSPS) is 18.1. The van der Waals surface area contributed by atoms with Crippen LogP contribution in [-0.4, -0.2) is 54.2 Å². The highest BCUT2D eigenvalue weighted by Crippen LogP contribution is 2.20. The molecule has 1 aliphatic heterocycles. The summed E-state index contributed by atoms with van der Waals surface area (Å²) in [5.41, 5.74) is 6.85. The predicted octanol–water partition coefficient (Wildman–Crippen LogP) is 0.887. The van der Waals surface area contributed by atoms with Crippen molar-refractivity contribution in [2.24, 2.45) is 5.73 Å². The molecule has 0 amide bonds. The van der Waals surface area contributed by atoms with Crippen LogP contribution >= 0.6 is 12.2 Å². The largest absolute Gasteiger partial charge is 0.481 e. The minimum absolute atomic E-state index is 0.170. The molecule has 6 heteroatoms. The number of nitrogens with two attached hydrogens (primary N) is 1. The predicted molar refractivity (Wildman–Crippen MR) is 80.8 cm³/mol. The van der Waals surface area contributed by atoms with E-state index in [1.54, 1.807) is 13.3 Å². The molecule has 1 aromatic heterocycles. The van der Waals surface area contributed by atoms with Crippen molar-refractivity contribution < 1.29 is 4.74 Å². The first-order chi connectivity index (χ1) is 9.11. The Labute approximate surface area is 119 Å². The van der Waals surface area contributed by atoms with Crippen molar-refractivity contribution in [3.05, 3.63) is 18.3 Å². The number of thiocarbonyl (C=S) groups is 1. The zero-order valence-corrected chi connectivity index (χ0v) is 12.2. The van der Waals surface area contributed by atoms with Crippen molar-refractivity contribution in [3.8, 4) is 5.88 Å². The molecule has 1 saturated heterocycles. The number of aromatic nitrogens is 1. The molecule has 19 heavy (non-hydrogen) atoms. The second-order valence-corrected chi connectivity index (χ2v) is 5.13. The summed E-state index contributed by atoms with van der Waals surface area (Å²) in [5.74, 6) is 0.649. The first-order valence-electron chi connectivity index (χ1n) is 6.40. The molecule has 104 valence electrons. The maximum Gasteiger partial charge on any atom is 0.214 e. The third-order valence-corrected chi connectivity index (χ3v) is 3.91. The maximum atomic E-state index is 5.70. The Morgan fingerprint density at radius 2 is 2.11 bits per heavy atom. The first kappa shape index (κ1) is 14.0. The summed E-state index contributed by atoms with van der Waals surface area (Å²) in [4.78, 5) is 9.34. The lowest BCUT2D eigenvalue weighted by Gasteiger charge is -2.38. The van der Waals surface area contributed by atoms with Crippen molar-refractivity contribution in [3.63, 3.8) is 0 Å². The van der Waals surface area contributed by atoms with E-state index in [9.17, 15) is 0 Å². The van der Waals surface area contributed by atoms with Gasteiger partial charge in [0, 0.05) is 44.1 Å². The SMILES string of the molecule is COc1cc(N2CCN(C(C)C(N)=S)CC2)ccn1. The second-order valence-electron chi connectivity index (χ2n) is 4.66. The fourth-order valence-corrected chi connectivity index (χ4v) is 2.40. The van der Waals surface area contributed by atoms with Gasteiger partial charge in [0.15, 0.2) is 0 Å². The maximum absolute atomic E-state index is 5.70. The quantitative estimate of drug-likeness (QED) is 0.827. The third-order valence-electron chi connectivity index (χ3n) is 3.57. The van der Waals surface area contributed by atoms with Crippen LogP contribution in [0.2, 0.25) is 0 Å². The molecule has 2 rings (SSSR count). The van der Waals surface area contributed by atoms with Crippen molar-refractivity contribution >= 4 is 22.9 Å². The number of ether oxygens (including phenoxy) is 1. The molecule has 0 spiro atoms. The molecule has 1 unspecified atom stereocenters. The van der Waals surface area contributed by atoms with Gasteiger partial charge >= 0.3 is 0 Å². The summed E-state index contributed by atoms with van der Waals surface area (Å²) in [7, 11) is 1.63. The van der Waals surface area contributed by atoms with Crippen LogP contribution < -0.4 is 15.4 Å². The van der Waals surface area contributed by atoms with Gasteiger partial charge in [-0.1, -0.05) is 12.2 Å². The Morgan fingerprint density at radius 1 is 1.42 bits per heavy atom. The van der Waals surface area contributed by atoms with Crippen LogP contribution in [0.3, 0.4) is 0 Å². The van der Waals surface area contributed by atoms with Crippen LogP contribution in [0.4, 0.5) is 5.69 Å². The number of methoxy groups -OCH3 is 1. The molecule has 2 N–H and O–H groups in total. The molecular formula is C13H20N4OS. The number of piperazine rings is 1. The Hall–Kier alpha value is -1.40. The molecule has 1 fully saturated rings. The van der Waals surface area contributed by atoms with E-state index in [4.69, 9.17) is 22.7 Å². The summed E-state index contributed by atoms with van der Waals surface area (Å²) in [6.07, 6.45) is 1.78. The minimum Gasteiger partial charge on any atom is -0.481 e. The number of hydrogen-bond acceptors (Lipinski definition) is 5. The van der Waals surface area contributed by atoms with Crippen LogP contribution in [0.25, 0.3) is 0 Å². The zero-order chi connectivity index (χ0) is 13.8. The van der Waals surface area contributed by atoms with E-state index in [-0.39, 0.29) is 6.04 Å². The number of nitrogens with zero attached hydrogens (tertiary/aromatic N) is 3. The van der Waals surface area contributed by atoms with Gasteiger partial charge in [0.05, 0.1) is 18.1 Å². The van der Waals surface area contributed by atoms with Gasteiger partial charge < -0.3 is 15.4 Å². The van der Waals surface area contributed by atoms with Crippen LogP contribution in [0, 0.1) is 0 Å². The molecule has 5 nitrogen and oxygen atoms in total. The van der Waals surface area contributed by atoms with E-state index in [2.05, 4.69) is 21.7 Å². The van der Waals surface area contributed by atoms with Crippen LogP contribution in [0.15, 0.2) is 18.3 Å². The molecule has 0 radical (unpaired) electrons. The number of rotatable bonds is 4. The second kappa shape index (κ2) is 6.16. The third kappa shape index (κ3) is 3.33. The average molecular weight is 280 g/mol. The van der Waals surface area contributed by atoms with Crippen molar-refractivity contribution in [2.45, 2.75) is 13.0 Å². The summed E-state index contributed by atoms with van der Waals surface area (Å²) in [5, 5.41) is 0. The lowest BCUT2D eigenvalue weighted by molar-refractivity contribution is 0.239. The van der Waals surface area contributed by atoms with Gasteiger partial charge in [-0.05, 0) is 13.0 Å². The van der Waals surface area contributed by atoms with Gasteiger partial charge in [0.25, 0.3) is 0 Å². The Kier molecular flexibility index (Phi) is 4.55. The van der Waals surface area contributed by atoms with Gasteiger partial charge in [0.2, 0.25) is 5.88 Å². The monoisotopic (exact) mass is 280 g/mol. The fraction of sp³-hybridized carbons (Fsp3) is 0.538. The first-order valence-corrected chi connectivity index (χ1v) is 6.81. The molecular weight excluding hydrogens is 260 g/mol. The van der Waals surface area contributed by atoms with Gasteiger partial charge in [0.1, 0.15) is 0 Å². The lowest BCUT2D eigenvalue weighted by atomic mass is 10.2. The highest BCUT2D eigenvalue weighted by Gasteiger charge is 2.22. The van der Waals surface area contributed by atoms with Crippen molar-refractivity contribution in [2.75, 3.05) is 38.2 Å². The van der Waals surface area contributed by atoms with Crippen molar-refractivity contribution in [1.82, 2.24) is 9.88 Å². The number of pyridine rings is 1. The Bertz CT molecular complexity index is 446. The van der Waals surface area contributed by atoms with Gasteiger partial charge in [-0.2, -0.15) is 0 Å². The fourth-order valence-electron chi connectivity index (χ4n) is 2.25. The topological polar surface area (TPSA) is 54.6 Å². The average Bonchev–Trinajstić information content (AvgIpc) is 2.46. The standard InChI is InChI=1S/C13H20N4OS/c1-10(13(14)19)16-5-7-17(8-6-16)11-3-4-15-12(9-11)18-2/h3-4,9-10H,5-8H2,1-2H3,(H2,14,19). The Morgan fingerprint density at radius 3 is 2.68 bits per heavy atom. The van der Waals surface area contributed by atoms with Gasteiger partial charge in [-0.25, -0.2) is 4.98 Å². The van der Waals surface area contributed by atoms with E-state index in [0.717, 1.165) is 31.9 Å². The van der Waals surface area contributed by atoms with Crippen LogP contribution in [0.1, 0.15) is 6.92 Å². The summed E-state index contributed by atoms with van der Waals surface area (Å²) in [6.45, 7) is 5.90. The summed E-state index contributed by atoms with van der Waals surface area (Å²) < 4.78 is 5.15. The molecule has 1 atom stereocenters. The van der Waals surface area contributed by atoms with Crippen molar-refractivity contribution in [1.29, 1.82) is 0 Å². The number of anilines is 1. The van der Waals surface area contributed by atoms with E-state index in [0.29, 0.717) is 10.9 Å². The van der Waals surface area contributed by atoms with Gasteiger partial charge in [-0.3, -0.25) is 4.90 Å².